The van der Waals surface area contributed by atoms with Gasteiger partial charge >= 0.3 is 0 Å². The van der Waals surface area contributed by atoms with Crippen LogP contribution < -0.4 is 5.32 Å². The Balaban J connectivity index is 1.37. The minimum absolute atomic E-state index is 0.00110. The maximum absolute atomic E-state index is 12.7. The van der Waals surface area contributed by atoms with E-state index in [0.717, 1.165) is 25.1 Å². The smallest absolute Gasteiger partial charge is 0.241 e. The second-order valence-electron chi connectivity index (χ2n) is 7.21. The first kappa shape index (κ1) is 21.1. The number of hydrogen-bond acceptors (Lipinski definition) is 5. The first-order chi connectivity index (χ1) is 14.5. The molecule has 1 aliphatic rings. The molecule has 3 aromatic rings. The molecule has 0 saturated carbocycles. The molecule has 156 valence electrons. The minimum atomic E-state index is -0.109. The summed E-state index contributed by atoms with van der Waals surface area (Å²) in [5.41, 5.74) is 1.40. The zero-order valence-electron chi connectivity index (χ0n) is 15.9. The van der Waals surface area contributed by atoms with Crippen molar-refractivity contribution in [3.63, 3.8) is 0 Å². The van der Waals surface area contributed by atoms with Crippen LogP contribution in [0.3, 0.4) is 0 Å². The molecule has 0 bridgehead atoms. The summed E-state index contributed by atoms with van der Waals surface area (Å²) in [5.74, 6) is 0.791. The number of amides is 1. The minimum Gasteiger partial charge on any atom is -0.338 e. The molecular weight excluding hydrogens is 447 g/mol. The highest BCUT2D eigenvalue weighted by atomic mass is 35.5. The van der Waals surface area contributed by atoms with Crippen LogP contribution in [0.4, 0.5) is 5.69 Å². The standard InChI is InChI=1S/C21H19Cl3N4O2/c22-14-3-6-16(7-4-14)25-21(29)13-2-1-9-28(11-13)12-19-26-20(27-30-19)17-8-5-15(23)10-18(17)24/h3-8,10,13H,1-2,9,11-12H2,(H,25,29). The SMILES string of the molecule is O=C(Nc1ccc(Cl)cc1)C1CCCN(Cc2nc(-c3ccc(Cl)cc3Cl)no2)C1. The molecule has 9 heteroatoms. The molecule has 4 rings (SSSR count). The molecule has 1 unspecified atom stereocenters. The molecular formula is C21H19Cl3N4O2. The second kappa shape index (κ2) is 9.35. The molecule has 1 amide bonds. The topological polar surface area (TPSA) is 71.3 Å². The van der Waals surface area contributed by atoms with E-state index in [1.54, 1.807) is 42.5 Å². The highest BCUT2D eigenvalue weighted by Gasteiger charge is 2.27. The molecule has 0 aliphatic carbocycles. The lowest BCUT2D eigenvalue weighted by atomic mass is 9.97. The van der Waals surface area contributed by atoms with Gasteiger partial charge in [-0.05, 0) is 61.9 Å². The number of rotatable bonds is 5. The molecule has 0 radical (unpaired) electrons. The van der Waals surface area contributed by atoms with Gasteiger partial charge in [0.1, 0.15) is 0 Å². The van der Waals surface area contributed by atoms with Gasteiger partial charge < -0.3 is 9.84 Å². The number of aromatic nitrogens is 2. The van der Waals surface area contributed by atoms with Crippen LogP contribution in [0.2, 0.25) is 15.1 Å². The van der Waals surface area contributed by atoms with Crippen molar-refractivity contribution in [2.24, 2.45) is 5.92 Å². The van der Waals surface area contributed by atoms with E-state index in [0.29, 0.717) is 45.4 Å². The molecule has 1 N–H and O–H groups in total. The van der Waals surface area contributed by atoms with E-state index in [2.05, 4.69) is 20.4 Å². The van der Waals surface area contributed by atoms with E-state index < -0.39 is 0 Å². The quantitative estimate of drug-likeness (QED) is 0.535. The first-order valence-corrected chi connectivity index (χ1v) is 10.7. The van der Waals surface area contributed by atoms with Gasteiger partial charge in [-0.15, -0.1) is 0 Å². The van der Waals surface area contributed by atoms with Gasteiger partial charge in [-0.2, -0.15) is 4.98 Å². The summed E-state index contributed by atoms with van der Waals surface area (Å²) in [6, 6.07) is 12.2. The van der Waals surface area contributed by atoms with E-state index in [4.69, 9.17) is 39.3 Å². The number of likely N-dealkylation sites (tertiary alicyclic amines) is 1. The second-order valence-corrected chi connectivity index (χ2v) is 8.49. The maximum Gasteiger partial charge on any atom is 0.241 e. The molecule has 1 fully saturated rings. The highest BCUT2D eigenvalue weighted by Crippen LogP contribution is 2.29. The van der Waals surface area contributed by atoms with Crippen molar-refractivity contribution in [3.8, 4) is 11.4 Å². The van der Waals surface area contributed by atoms with Crippen molar-refractivity contribution < 1.29 is 9.32 Å². The van der Waals surface area contributed by atoms with E-state index in [1.165, 1.54) is 0 Å². The van der Waals surface area contributed by atoms with Gasteiger partial charge in [-0.25, -0.2) is 0 Å². The molecule has 1 atom stereocenters. The lowest BCUT2D eigenvalue weighted by molar-refractivity contribution is -0.121. The molecule has 6 nitrogen and oxygen atoms in total. The van der Waals surface area contributed by atoms with Crippen LogP contribution in [0, 0.1) is 5.92 Å². The summed E-state index contributed by atoms with van der Waals surface area (Å²) in [7, 11) is 0. The van der Waals surface area contributed by atoms with Crippen LogP contribution in [0.5, 0.6) is 0 Å². The lowest BCUT2D eigenvalue weighted by Gasteiger charge is -2.30. The predicted octanol–water partition coefficient (Wildman–Crippen LogP) is 5.55. The molecule has 2 aromatic carbocycles. The normalized spacial score (nSPS) is 17.1. The molecule has 30 heavy (non-hydrogen) atoms. The third-order valence-corrected chi connectivity index (χ3v) is 5.79. The Kier molecular flexibility index (Phi) is 6.58. The van der Waals surface area contributed by atoms with Gasteiger partial charge in [0, 0.05) is 27.8 Å². The molecule has 0 spiro atoms. The average molecular weight is 466 g/mol. The number of nitrogens with zero attached hydrogens (tertiary/aromatic N) is 3. The van der Waals surface area contributed by atoms with Gasteiger partial charge in [0.25, 0.3) is 0 Å². The number of nitrogens with one attached hydrogen (secondary N) is 1. The summed E-state index contributed by atoms with van der Waals surface area (Å²) in [6.45, 7) is 1.96. The Hall–Kier alpha value is -2.12. The number of benzene rings is 2. The van der Waals surface area contributed by atoms with Crippen molar-refractivity contribution in [3.05, 3.63) is 63.4 Å². The zero-order valence-corrected chi connectivity index (χ0v) is 18.2. The zero-order chi connectivity index (χ0) is 21.1. The Morgan fingerprint density at radius 2 is 1.90 bits per heavy atom. The summed E-state index contributed by atoms with van der Waals surface area (Å²) in [4.78, 5) is 19.3. The van der Waals surface area contributed by atoms with Gasteiger partial charge in [-0.1, -0.05) is 40.0 Å². The fourth-order valence-corrected chi connectivity index (χ4v) is 4.10. The highest BCUT2D eigenvalue weighted by molar-refractivity contribution is 6.36. The molecule has 1 saturated heterocycles. The number of carbonyl (C=O) groups is 1. The number of hydrogen-bond donors (Lipinski definition) is 1. The fraction of sp³-hybridized carbons (Fsp3) is 0.286. The van der Waals surface area contributed by atoms with Crippen molar-refractivity contribution in [2.75, 3.05) is 18.4 Å². The van der Waals surface area contributed by atoms with E-state index >= 15 is 0 Å². The summed E-state index contributed by atoms with van der Waals surface area (Å²) < 4.78 is 5.40. The van der Waals surface area contributed by atoms with E-state index in [9.17, 15) is 4.79 Å². The van der Waals surface area contributed by atoms with E-state index in [-0.39, 0.29) is 11.8 Å². The Morgan fingerprint density at radius 1 is 1.13 bits per heavy atom. The van der Waals surface area contributed by atoms with Gasteiger partial charge in [-0.3, -0.25) is 9.69 Å². The summed E-state index contributed by atoms with van der Waals surface area (Å²) in [6.07, 6.45) is 1.76. The van der Waals surface area contributed by atoms with Crippen LogP contribution in [-0.2, 0) is 11.3 Å². The average Bonchev–Trinajstić information content (AvgIpc) is 3.18. The van der Waals surface area contributed by atoms with Crippen molar-refractivity contribution in [2.45, 2.75) is 19.4 Å². The van der Waals surface area contributed by atoms with Crippen LogP contribution in [0.15, 0.2) is 47.0 Å². The number of halogens is 3. The van der Waals surface area contributed by atoms with Crippen LogP contribution in [-0.4, -0.2) is 34.0 Å². The third kappa shape index (κ3) is 5.13. The monoisotopic (exact) mass is 464 g/mol. The molecule has 2 heterocycles. The maximum atomic E-state index is 12.7. The Morgan fingerprint density at radius 3 is 2.67 bits per heavy atom. The summed E-state index contributed by atoms with van der Waals surface area (Å²) >= 11 is 18.1. The molecule has 1 aliphatic heterocycles. The van der Waals surface area contributed by atoms with Gasteiger partial charge in [0.2, 0.25) is 17.6 Å². The first-order valence-electron chi connectivity index (χ1n) is 9.55. The fourth-order valence-electron chi connectivity index (χ4n) is 3.48. The Labute approximate surface area is 189 Å². The van der Waals surface area contributed by atoms with E-state index in [1.807, 2.05) is 0 Å². The number of piperidine rings is 1. The van der Waals surface area contributed by atoms with Gasteiger partial charge in [0.15, 0.2) is 0 Å². The van der Waals surface area contributed by atoms with Gasteiger partial charge in [0.05, 0.1) is 17.5 Å². The third-order valence-electron chi connectivity index (χ3n) is 4.99. The van der Waals surface area contributed by atoms with Crippen LogP contribution in [0.1, 0.15) is 18.7 Å². The van der Waals surface area contributed by atoms with Crippen LogP contribution >= 0.6 is 34.8 Å². The number of anilines is 1. The van der Waals surface area contributed by atoms with Crippen molar-refractivity contribution in [1.29, 1.82) is 0 Å². The number of carbonyl (C=O) groups excluding carboxylic acids is 1. The lowest BCUT2D eigenvalue weighted by Crippen LogP contribution is -2.40. The Bertz CT molecular complexity index is 1040. The predicted molar refractivity (Wildman–Crippen MR) is 118 cm³/mol. The van der Waals surface area contributed by atoms with Crippen molar-refractivity contribution >= 4 is 46.4 Å². The van der Waals surface area contributed by atoms with Crippen LogP contribution in [0.25, 0.3) is 11.4 Å². The molecule has 1 aromatic heterocycles. The largest absolute Gasteiger partial charge is 0.338 e. The summed E-state index contributed by atoms with van der Waals surface area (Å²) in [5, 5.41) is 8.63. The van der Waals surface area contributed by atoms with Crippen molar-refractivity contribution in [1.82, 2.24) is 15.0 Å².